The molecule has 21 heavy (non-hydrogen) atoms. The van der Waals surface area contributed by atoms with Crippen molar-refractivity contribution >= 4 is 16.0 Å². The van der Waals surface area contributed by atoms with Gasteiger partial charge in [0.1, 0.15) is 0 Å². The maximum absolute atomic E-state index is 12.1. The fraction of sp³-hybridized carbons (Fsp3) is 0.538. The van der Waals surface area contributed by atoms with Crippen molar-refractivity contribution in [2.75, 3.05) is 13.2 Å². The van der Waals surface area contributed by atoms with Gasteiger partial charge < -0.3 is 10.2 Å². The molecule has 1 rings (SSSR count). The summed E-state index contributed by atoms with van der Waals surface area (Å²) in [6.07, 6.45) is 2.28. The van der Waals surface area contributed by atoms with Crippen LogP contribution < -0.4 is 4.72 Å². The molecule has 0 saturated heterocycles. The van der Waals surface area contributed by atoms with Gasteiger partial charge in [-0.05, 0) is 30.4 Å². The van der Waals surface area contributed by atoms with Crippen LogP contribution in [-0.4, -0.2) is 42.7 Å². The van der Waals surface area contributed by atoms with Crippen molar-refractivity contribution in [3.8, 4) is 0 Å². The predicted octanol–water partition coefficient (Wildman–Crippen LogP) is 0.857. The number of carbonyl (C=O) groups is 1. The van der Waals surface area contributed by atoms with E-state index in [1.165, 1.54) is 6.07 Å². The highest BCUT2D eigenvalue weighted by molar-refractivity contribution is 7.89. The fourth-order valence-electron chi connectivity index (χ4n) is 1.68. The van der Waals surface area contributed by atoms with Gasteiger partial charge in [0.2, 0.25) is 0 Å². The van der Waals surface area contributed by atoms with Gasteiger partial charge in [0.25, 0.3) is 10.0 Å². The summed E-state index contributed by atoms with van der Waals surface area (Å²) in [4.78, 5) is 14.4. The van der Waals surface area contributed by atoms with E-state index in [2.05, 4.69) is 9.71 Å². The van der Waals surface area contributed by atoms with Crippen LogP contribution >= 0.6 is 0 Å². The SMILES string of the molecule is CC(C)(CCCO)CNS(=O)(=O)c1ccc(C(=O)O)cn1. The molecule has 0 aliphatic carbocycles. The van der Waals surface area contributed by atoms with Gasteiger partial charge in [-0.3, -0.25) is 0 Å². The van der Waals surface area contributed by atoms with Crippen LogP contribution in [0.3, 0.4) is 0 Å². The molecule has 1 aromatic rings. The Morgan fingerprint density at radius 2 is 2.05 bits per heavy atom. The summed E-state index contributed by atoms with van der Waals surface area (Å²) in [5.41, 5.74) is -0.367. The molecular formula is C13H20N2O5S. The van der Waals surface area contributed by atoms with Gasteiger partial charge in [0, 0.05) is 19.3 Å². The van der Waals surface area contributed by atoms with E-state index in [-0.39, 0.29) is 29.2 Å². The topological polar surface area (TPSA) is 117 Å². The van der Waals surface area contributed by atoms with Gasteiger partial charge in [0.05, 0.1) is 5.56 Å². The number of nitrogens with one attached hydrogen (secondary N) is 1. The first-order valence-corrected chi connectivity index (χ1v) is 7.96. The van der Waals surface area contributed by atoms with E-state index in [1.54, 1.807) is 0 Å². The molecule has 0 aromatic carbocycles. The Morgan fingerprint density at radius 3 is 2.52 bits per heavy atom. The summed E-state index contributed by atoms with van der Waals surface area (Å²) in [5.74, 6) is -1.16. The number of aromatic carboxylic acids is 1. The smallest absolute Gasteiger partial charge is 0.337 e. The molecule has 0 radical (unpaired) electrons. The average molecular weight is 316 g/mol. The average Bonchev–Trinajstić information content (AvgIpc) is 2.43. The third-order valence-corrected chi connectivity index (χ3v) is 4.33. The monoisotopic (exact) mass is 316 g/mol. The van der Waals surface area contributed by atoms with Crippen molar-refractivity contribution in [1.29, 1.82) is 0 Å². The highest BCUT2D eigenvalue weighted by atomic mass is 32.2. The number of carboxylic acids is 1. The first-order valence-electron chi connectivity index (χ1n) is 6.48. The Hall–Kier alpha value is -1.51. The summed E-state index contributed by atoms with van der Waals surface area (Å²) in [6, 6.07) is 2.35. The minimum atomic E-state index is -3.78. The second-order valence-electron chi connectivity index (χ2n) is 5.51. The van der Waals surface area contributed by atoms with E-state index in [0.717, 1.165) is 12.3 Å². The Morgan fingerprint density at radius 1 is 1.38 bits per heavy atom. The first kappa shape index (κ1) is 17.5. The number of hydrogen-bond donors (Lipinski definition) is 3. The number of pyridine rings is 1. The Bertz CT molecular complexity index is 581. The number of aromatic nitrogens is 1. The highest BCUT2D eigenvalue weighted by Crippen LogP contribution is 2.21. The Labute approximate surface area is 124 Å². The van der Waals surface area contributed by atoms with E-state index < -0.39 is 16.0 Å². The normalized spacial score (nSPS) is 12.3. The van der Waals surface area contributed by atoms with E-state index in [0.29, 0.717) is 12.8 Å². The molecule has 0 atom stereocenters. The quantitative estimate of drug-likeness (QED) is 0.655. The molecule has 0 unspecified atom stereocenters. The minimum Gasteiger partial charge on any atom is -0.478 e. The van der Waals surface area contributed by atoms with Crippen molar-refractivity contribution in [2.24, 2.45) is 5.41 Å². The minimum absolute atomic E-state index is 0.0639. The van der Waals surface area contributed by atoms with Crippen LogP contribution in [0.5, 0.6) is 0 Å². The van der Waals surface area contributed by atoms with E-state index in [1.807, 2.05) is 13.8 Å². The molecule has 8 heteroatoms. The lowest BCUT2D eigenvalue weighted by Crippen LogP contribution is -2.34. The number of aliphatic hydroxyl groups is 1. The molecule has 1 aromatic heterocycles. The fourth-order valence-corrected chi connectivity index (χ4v) is 2.84. The predicted molar refractivity (Wildman–Crippen MR) is 76.5 cm³/mol. The zero-order valence-corrected chi connectivity index (χ0v) is 12.9. The second kappa shape index (κ2) is 6.97. The molecular weight excluding hydrogens is 296 g/mol. The van der Waals surface area contributed by atoms with Gasteiger partial charge in [-0.25, -0.2) is 22.9 Å². The lowest BCUT2D eigenvalue weighted by Gasteiger charge is -2.24. The molecule has 0 saturated carbocycles. The third-order valence-electron chi connectivity index (χ3n) is 3.01. The Kier molecular flexibility index (Phi) is 5.82. The maximum Gasteiger partial charge on any atom is 0.337 e. The van der Waals surface area contributed by atoms with Crippen molar-refractivity contribution < 1.29 is 23.4 Å². The van der Waals surface area contributed by atoms with Crippen molar-refractivity contribution in [3.05, 3.63) is 23.9 Å². The molecule has 0 aliphatic rings. The molecule has 0 spiro atoms. The van der Waals surface area contributed by atoms with Crippen molar-refractivity contribution in [2.45, 2.75) is 31.7 Å². The number of hydrogen-bond acceptors (Lipinski definition) is 5. The number of rotatable bonds is 8. The van der Waals surface area contributed by atoms with Crippen LogP contribution in [-0.2, 0) is 10.0 Å². The third kappa shape index (κ3) is 5.41. The van der Waals surface area contributed by atoms with Gasteiger partial charge in [-0.15, -0.1) is 0 Å². The first-order chi connectivity index (χ1) is 9.68. The number of aliphatic hydroxyl groups excluding tert-OH is 1. The lowest BCUT2D eigenvalue weighted by molar-refractivity contribution is 0.0696. The molecule has 0 fully saturated rings. The van der Waals surface area contributed by atoms with Crippen LogP contribution in [0.2, 0.25) is 0 Å². The number of nitrogens with zero attached hydrogens (tertiary/aromatic N) is 1. The van der Waals surface area contributed by atoms with Crippen molar-refractivity contribution in [1.82, 2.24) is 9.71 Å². The zero-order chi connectivity index (χ0) is 16.1. The highest BCUT2D eigenvalue weighted by Gasteiger charge is 2.23. The molecule has 0 amide bonds. The second-order valence-corrected chi connectivity index (χ2v) is 7.22. The largest absolute Gasteiger partial charge is 0.478 e. The van der Waals surface area contributed by atoms with Gasteiger partial charge >= 0.3 is 5.97 Å². The van der Waals surface area contributed by atoms with Crippen LogP contribution in [0.4, 0.5) is 0 Å². The zero-order valence-electron chi connectivity index (χ0n) is 12.0. The summed E-state index contributed by atoms with van der Waals surface area (Å²) in [6.45, 7) is 4.06. The number of carboxylic acid groups (broad SMARTS) is 1. The van der Waals surface area contributed by atoms with E-state index >= 15 is 0 Å². The van der Waals surface area contributed by atoms with Crippen molar-refractivity contribution in [3.63, 3.8) is 0 Å². The molecule has 3 N–H and O–H groups in total. The number of sulfonamides is 1. The van der Waals surface area contributed by atoms with Crippen LogP contribution in [0.25, 0.3) is 0 Å². The Balaban J connectivity index is 2.75. The molecule has 7 nitrogen and oxygen atoms in total. The van der Waals surface area contributed by atoms with Gasteiger partial charge in [-0.2, -0.15) is 0 Å². The summed E-state index contributed by atoms with van der Waals surface area (Å²) < 4.78 is 26.6. The maximum atomic E-state index is 12.1. The lowest BCUT2D eigenvalue weighted by atomic mass is 9.88. The van der Waals surface area contributed by atoms with E-state index in [9.17, 15) is 13.2 Å². The van der Waals surface area contributed by atoms with Crippen LogP contribution in [0.15, 0.2) is 23.4 Å². The van der Waals surface area contributed by atoms with Crippen LogP contribution in [0, 0.1) is 5.41 Å². The molecule has 1 heterocycles. The molecule has 0 aliphatic heterocycles. The standard InChI is InChI=1S/C13H20N2O5S/c1-13(2,6-3-7-16)9-15-21(19,20)11-5-4-10(8-14-11)12(17)18/h4-5,8,15-16H,3,6-7,9H2,1-2H3,(H,17,18). The summed E-state index contributed by atoms with van der Waals surface area (Å²) in [7, 11) is -3.78. The summed E-state index contributed by atoms with van der Waals surface area (Å²) in [5, 5.41) is 17.3. The van der Waals surface area contributed by atoms with E-state index in [4.69, 9.17) is 10.2 Å². The van der Waals surface area contributed by atoms with Gasteiger partial charge in [0.15, 0.2) is 5.03 Å². The van der Waals surface area contributed by atoms with Gasteiger partial charge in [-0.1, -0.05) is 13.8 Å². The molecule has 118 valence electrons. The van der Waals surface area contributed by atoms with Crippen LogP contribution in [0.1, 0.15) is 37.0 Å². The summed E-state index contributed by atoms with van der Waals surface area (Å²) >= 11 is 0. The molecule has 0 bridgehead atoms.